The molecule has 23 heavy (non-hydrogen) atoms. The van der Waals surface area contributed by atoms with Gasteiger partial charge in [0.05, 0.1) is 12.7 Å². The average molecular weight is 320 g/mol. The molecule has 0 amide bonds. The summed E-state index contributed by atoms with van der Waals surface area (Å²) in [5.74, 6) is 1.29. The monoisotopic (exact) mass is 320 g/mol. The molecule has 0 aliphatic heterocycles. The molecular formula is C19H32N2O2. The van der Waals surface area contributed by atoms with Crippen molar-refractivity contribution in [2.75, 3.05) is 48.4 Å². The van der Waals surface area contributed by atoms with Crippen molar-refractivity contribution in [2.24, 2.45) is 11.8 Å². The molecule has 1 aliphatic rings. The lowest BCUT2D eigenvalue weighted by Gasteiger charge is -2.48. The number of benzene rings is 1. The van der Waals surface area contributed by atoms with Crippen LogP contribution in [-0.2, 0) is 5.60 Å². The molecule has 0 saturated heterocycles. The Morgan fingerprint density at radius 3 is 2.13 bits per heavy atom. The van der Waals surface area contributed by atoms with Crippen LogP contribution in [0.15, 0.2) is 24.3 Å². The van der Waals surface area contributed by atoms with Crippen LogP contribution in [0.25, 0.3) is 0 Å². The first-order valence-corrected chi connectivity index (χ1v) is 8.54. The fourth-order valence-electron chi connectivity index (χ4n) is 4.07. The van der Waals surface area contributed by atoms with E-state index in [1.54, 1.807) is 7.11 Å². The molecule has 0 heterocycles. The Kier molecular flexibility index (Phi) is 6.06. The van der Waals surface area contributed by atoms with E-state index in [2.05, 4.69) is 44.1 Å². The number of hydrogen-bond acceptors (Lipinski definition) is 4. The minimum atomic E-state index is -0.804. The smallest absolute Gasteiger partial charge is 0.119 e. The van der Waals surface area contributed by atoms with Gasteiger partial charge in [0.15, 0.2) is 0 Å². The van der Waals surface area contributed by atoms with Gasteiger partial charge in [0, 0.05) is 24.9 Å². The Labute approximate surface area is 141 Å². The van der Waals surface area contributed by atoms with Crippen molar-refractivity contribution in [2.45, 2.75) is 24.9 Å². The minimum Gasteiger partial charge on any atom is -0.497 e. The van der Waals surface area contributed by atoms with Gasteiger partial charge in [-0.25, -0.2) is 0 Å². The molecule has 0 spiro atoms. The highest BCUT2D eigenvalue weighted by Crippen LogP contribution is 2.46. The van der Waals surface area contributed by atoms with E-state index in [0.29, 0.717) is 0 Å². The lowest BCUT2D eigenvalue weighted by Crippen LogP contribution is -2.51. The third kappa shape index (κ3) is 4.06. The number of hydrogen-bond donors (Lipinski definition) is 1. The Balaban J connectivity index is 2.43. The minimum absolute atomic E-state index is 0.239. The van der Waals surface area contributed by atoms with Crippen LogP contribution >= 0.6 is 0 Å². The third-order valence-corrected chi connectivity index (χ3v) is 5.05. The second kappa shape index (κ2) is 7.65. The summed E-state index contributed by atoms with van der Waals surface area (Å²) in [6.07, 6.45) is 3.31. The maximum Gasteiger partial charge on any atom is 0.119 e. The van der Waals surface area contributed by atoms with E-state index in [0.717, 1.165) is 37.2 Å². The normalized spacial score (nSPS) is 28.3. The molecule has 2 rings (SSSR count). The quantitative estimate of drug-likeness (QED) is 0.873. The molecule has 4 heteroatoms. The highest BCUT2D eigenvalue weighted by atomic mass is 16.5. The van der Waals surface area contributed by atoms with Gasteiger partial charge >= 0.3 is 0 Å². The maximum absolute atomic E-state index is 11.9. The molecule has 1 aromatic rings. The van der Waals surface area contributed by atoms with Crippen molar-refractivity contribution in [1.29, 1.82) is 0 Å². The van der Waals surface area contributed by atoms with Gasteiger partial charge in [0.2, 0.25) is 0 Å². The summed E-state index contributed by atoms with van der Waals surface area (Å²) >= 11 is 0. The summed E-state index contributed by atoms with van der Waals surface area (Å²) in [5.41, 5.74) is 0.191. The van der Waals surface area contributed by atoms with E-state index in [1.165, 1.54) is 6.42 Å². The fraction of sp³-hybridized carbons (Fsp3) is 0.684. The Morgan fingerprint density at radius 1 is 1.09 bits per heavy atom. The largest absolute Gasteiger partial charge is 0.497 e. The van der Waals surface area contributed by atoms with Crippen LogP contribution < -0.4 is 4.74 Å². The predicted octanol–water partition coefficient (Wildman–Crippen LogP) is 2.42. The molecule has 130 valence electrons. The van der Waals surface area contributed by atoms with Crippen molar-refractivity contribution in [3.63, 3.8) is 0 Å². The second-order valence-corrected chi connectivity index (χ2v) is 7.41. The molecule has 1 saturated carbocycles. The number of rotatable bonds is 6. The lowest BCUT2D eigenvalue weighted by atomic mass is 9.64. The predicted molar refractivity (Wildman–Crippen MR) is 94.8 cm³/mol. The van der Waals surface area contributed by atoms with Crippen LogP contribution in [0.4, 0.5) is 0 Å². The van der Waals surface area contributed by atoms with Gasteiger partial charge in [-0.3, -0.25) is 0 Å². The lowest BCUT2D eigenvalue weighted by molar-refractivity contribution is -0.113. The molecule has 0 bridgehead atoms. The van der Waals surface area contributed by atoms with Gasteiger partial charge in [-0.05, 0) is 58.7 Å². The van der Waals surface area contributed by atoms with Crippen LogP contribution in [0.1, 0.15) is 24.8 Å². The van der Waals surface area contributed by atoms with Gasteiger partial charge in [-0.15, -0.1) is 0 Å². The summed E-state index contributed by atoms with van der Waals surface area (Å²) in [7, 11) is 10.0. The van der Waals surface area contributed by atoms with Crippen LogP contribution in [0.5, 0.6) is 5.75 Å². The van der Waals surface area contributed by atoms with Gasteiger partial charge in [-0.2, -0.15) is 0 Å². The summed E-state index contributed by atoms with van der Waals surface area (Å²) in [6, 6.07) is 7.99. The van der Waals surface area contributed by atoms with Gasteiger partial charge in [0.25, 0.3) is 0 Å². The average Bonchev–Trinajstić information content (AvgIpc) is 2.50. The number of aliphatic hydroxyl groups is 1. The maximum atomic E-state index is 11.9. The van der Waals surface area contributed by atoms with E-state index in [1.807, 2.05) is 18.2 Å². The second-order valence-electron chi connectivity index (χ2n) is 7.41. The molecule has 1 fully saturated rings. The van der Waals surface area contributed by atoms with E-state index < -0.39 is 5.60 Å². The Bertz CT molecular complexity index is 484. The highest BCUT2D eigenvalue weighted by Gasteiger charge is 2.47. The number of methoxy groups -OCH3 is 1. The topological polar surface area (TPSA) is 35.9 Å². The number of ether oxygens (including phenoxy) is 1. The van der Waals surface area contributed by atoms with E-state index >= 15 is 0 Å². The molecule has 2 unspecified atom stereocenters. The van der Waals surface area contributed by atoms with Gasteiger partial charge < -0.3 is 19.6 Å². The summed E-state index contributed by atoms with van der Waals surface area (Å²) < 4.78 is 5.39. The molecule has 0 radical (unpaired) electrons. The Hall–Kier alpha value is -1.10. The van der Waals surface area contributed by atoms with Crippen molar-refractivity contribution >= 4 is 0 Å². The zero-order valence-corrected chi connectivity index (χ0v) is 15.2. The Morgan fingerprint density at radius 2 is 1.65 bits per heavy atom. The standard InChI is InChI=1S/C19H32N2O2/c1-20(2)13-16-9-6-10-17(14-21(3)4)19(16,22)15-8-7-11-18(12-15)23-5/h7-8,11-12,16-17,22H,6,9-10,13-14H2,1-5H3. The van der Waals surface area contributed by atoms with E-state index in [9.17, 15) is 5.11 Å². The molecule has 1 N–H and O–H groups in total. The van der Waals surface area contributed by atoms with Crippen LogP contribution in [0.2, 0.25) is 0 Å². The zero-order chi connectivity index (χ0) is 17.0. The van der Waals surface area contributed by atoms with Gasteiger partial charge in [-0.1, -0.05) is 18.6 Å². The van der Waals surface area contributed by atoms with E-state index in [-0.39, 0.29) is 11.8 Å². The first-order valence-electron chi connectivity index (χ1n) is 8.54. The first-order chi connectivity index (χ1) is 10.9. The molecular weight excluding hydrogens is 288 g/mol. The van der Waals surface area contributed by atoms with Crippen molar-refractivity contribution < 1.29 is 9.84 Å². The molecule has 1 aliphatic carbocycles. The molecule has 1 aromatic carbocycles. The summed E-state index contributed by atoms with van der Waals surface area (Å²) in [6.45, 7) is 1.80. The number of nitrogens with zero attached hydrogens (tertiary/aromatic N) is 2. The van der Waals surface area contributed by atoms with Crippen LogP contribution in [0.3, 0.4) is 0 Å². The molecule has 4 nitrogen and oxygen atoms in total. The van der Waals surface area contributed by atoms with Crippen molar-refractivity contribution in [1.82, 2.24) is 9.80 Å². The van der Waals surface area contributed by atoms with E-state index in [4.69, 9.17) is 4.74 Å². The van der Waals surface area contributed by atoms with Crippen LogP contribution in [0, 0.1) is 11.8 Å². The van der Waals surface area contributed by atoms with Crippen molar-refractivity contribution in [3.05, 3.63) is 29.8 Å². The van der Waals surface area contributed by atoms with Crippen molar-refractivity contribution in [3.8, 4) is 5.75 Å². The highest BCUT2D eigenvalue weighted by molar-refractivity contribution is 5.34. The fourth-order valence-corrected chi connectivity index (χ4v) is 4.07. The first kappa shape index (κ1) is 18.2. The third-order valence-electron chi connectivity index (χ3n) is 5.05. The van der Waals surface area contributed by atoms with Crippen LogP contribution in [-0.4, -0.2) is 63.3 Å². The summed E-state index contributed by atoms with van der Waals surface area (Å²) in [5, 5.41) is 11.9. The SMILES string of the molecule is COc1cccc(C2(O)C(CN(C)C)CCCC2CN(C)C)c1. The molecule has 0 aromatic heterocycles. The van der Waals surface area contributed by atoms with Gasteiger partial charge in [0.1, 0.15) is 5.75 Å². The summed E-state index contributed by atoms with van der Waals surface area (Å²) in [4.78, 5) is 4.38. The zero-order valence-electron chi connectivity index (χ0n) is 15.2. The molecule has 2 atom stereocenters.